The summed E-state index contributed by atoms with van der Waals surface area (Å²) in [6, 6.07) is 10.1. The quantitative estimate of drug-likeness (QED) is 0.132. The van der Waals surface area contributed by atoms with Crippen LogP contribution in [-0.4, -0.2) is 31.7 Å². The maximum atomic E-state index is 13.1. The molecule has 0 unspecified atom stereocenters. The minimum atomic E-state index is -0.461. The highest BCUT2D eigenvalue weighted by molar-refractivity contribution is 8.01. The molecule has 1 N–H and O–H groups in total. The number of amides is 2. The lowest BCUT2D eigenvalue weighted by atomic mass is 9.81. The van der Waals surface area contributed by atoms with Crippen molar-refractivity contribution in [2.24, 2.45) is 11.8 Å². The number of aromatic nitrogens is 3. The Kier molecular flexibility index (Phi) is 6.48. The number of anilines is 1. The number of thiazole rings is 1. The Bertz CT molecular complexity index is 2010. The predicted molar refractivity (Wildman–Crippen MR) is 163 cm³/mol. The number of benzene rings is 2. The number of aryl methyl sites for hydroxylation is 2. The first kappa shape index (κ1) is 26.9. The average molecular weight is 618 g/mol. The van der Waals surface area contributed by atoms with E-state index >= 15 is 0 Å². The molecule has 7 rings (SSSR count). The van der Waals surface area contributed by atoms with E-state index in [0.717, 1.165) is 40.8 Å². The van der Waals surface area contributed by atoms with Crippen LogP contribution in [0.3, 0.4) is 0 Å². The van der Waals surface area contributed by atoms with E-state index in [-0.39, 0.29) is 40.7 Å². The lowest BCUT2D eigenvalue weighted by Crippen LogP contribution is -2.30. The lowest BCUT2D eigenvalue weighted by molar-refractivity contribution is -0.387. The van der Waals surface area contributed by atoms with Gasteiger partial charge in [0.1, 0.15) is 10.7 Å². The second kappa shape index (κ2) is 10.1. The van der Waals surface area contributed by atoms with Crippen molar-refractivity contribution in [2.45, 2.75) is 48.8 Å². The van der Waals surface area contributed by atoms with Crippen LogP contribution in [0.15, 0.2) is 50.4 Å². The van der Waals surface area contributed by atoms with Crippen LogP contribution in [0.5, 0.6) is 0 Å². The van der Waals surface area contributed by atoms with Crippen LogP contribution in [0.4, 0.5) is 11.4 Å². The van der Waals surface area contributed by atoms with Gasteiger partial charge in [0, 0.05) is 16.5 Å². The molecule has 0 bridgehead atoms. The molecule has 2 aliphatic rings. The monoisotopic (exact) mass is 617 g/mol. The molecule has 2 fully saturated rings. The number of carbonyl (C=O) groups excluding carboxylic acids is 2. The van der Waals surface area contributed by atoms with Crippen molar-refractivity contribution >= 4 is 78.1 Å². The summed E-state index contributed by atoms with van der Waals surface area (Å²) in [4.78, 5) is 65.8. The minimum Gasteiger partial charge on any atom is -0.306 e. The van der Waals surface area contributed by atoms with Crippen LogP contribution in [0.2, 0.25) is 0 Å². The lowest BCUT2D eigenvalue weighted by Gasteiger charge is -2.19. The molecule has 1 saturated heterocycles. The van der Waals surface area contributed by atoms with Gasteiger partial charge in [-0.1, -0.05) is 24.6 Å². The number of H-pyrrole nitrogens is 1. The molecule has 5 aromatic rings. The Morgan fingerprint density at radius 2 is 1.74 bits per heavy atom. The van der Waals surface area contributed by atoms with Gasteiger partial charge in [0.15, 0.2) is 4.34 Å². The third-order valence-corrected chi connectivity index (χ3v) is 11.4. The number of rotatable bonds is 5. The summed E-state index contributed by atoms with van der Waals surface area (Å²) in [5.41, 5.74) is 2.13. The minimum absolute atomic E-state index is 0.127. The topological polar surface area (TPSA) is 139 Å². The number of imide groups is 1. The molecule has 13 heteroatoms. The van der Waals surface area contributed by atoms with E-state index in [2.05, 4.69) is 15.0 Å². The molecule has 3 aromatic heterocycles. The maximum absolute atomic E-state index is 13.1. The molecule has 212 valence electrons. The number of thiophene rings is 1. The van der Waals surface area contributed by atoms with Crippen LogP contribution in [0.1, 0.15) is 36.1 Å². The smallest absolute Gasteiger partial charge is 0.284 e. The van der Waals surface area contributed by atoms with Crippen molar-refractivity contribution in [3.05, 3.63) is 67.3 Å². The van der Waals surface area contributed by atoms with E-state index < -0.39 is 4.92 Å². The first-order valence-electron chi connectivity index (χ1n) is 13.4. The largest absolute Gasteiger partial charge is 0.306 e. The van der Waals surface area contributed by atoms with Gasteiger partial charge < -0.3 is 4.98 Å². The molecule has 1 saturated carbocycles. The second-order valence-electron chi connectivity index (χ2n) is 10.6. The molecule has 4 heterocycles. The Morgan fingerprint density at radius 1 is 1.00 bits per heavy atom. The van der Waals surface area contributed by atoms with Crippen LogP contribution < -0.4 is 10.5 Å². The number of hydrogen-bond donors (Lipinski definition) is 1. The molecular formula is C29H23N5O5S3. The van der Waals surface area contributed by atoms with Crippen molar-refractivity contribution in [3.8, 4) is 11.4 Å². The molecule has 2 amide bonds. The van der Waals surface area contributed by atoms with E-state index in [1.165, 1.54) is 45.4 Å². The summed E-state index contributed by atoms with van der Waals surface area (Å²) < 4.78 is 1.37. The van der Waals surface area contributed by atoms with Crippen LogP contribution in [0, 0.1) is 35.8 Å². The molecule has 0 radical (unpaired) electrons. The van der Waals surface area contributed by atoms with Gasteiger partial charge in [0.25, 0.3) is 11.2 Å². The second-order valence-corrected chi connectivity index (χ2v) is 14.1. The van der Waals surface area contributed by atoms with Gasteiger partial charge in [0.2, 0.25) is 11.8 Å². The highest BCUT2D eigenvalue weighted by Crippen LogP contribution is 2.43. The summed E-state index contributed by atoms with van der Waals surface area (Å²) >= 11 is 3.93. The third kappa shape index (κ3) is 4.34. The van der Waals surface area contributed by atoms with E-state index in [9.17, 15) is 24.5 Å². The molecular weight excluding hydrogens is 595 g/mol. The molecule has 0 spiro atoms. The SMILES string of the molecule is Cc1sc2nc(-c3ccc(Sc4nc5ccc(N6C(=O)[C@@H]7CCCC[C@H]7C6=O)cc5s4)c([N+](=O)[O-])c3)[nH]c(=O)c2c1C. The van der Waals surface area contributed by atoms with Crippen LogP contribution >= 0.6 is 34.4 Å². The Morgan fingerprint density at radius 3 is 2.45 bits per heavy atom. The summed E-state index contributed by atoms with van der Waals surface area (Å²) in [5, 5.41) is 12.6. The van der Waals surface area contributed by atoms with Gasteiger partial charge in [-0.3, -0.25) is 29.4 Å². The van der Waals surface area contributed by atoms with E-state index in [1.807, 2.05) is 13.8 Å². The van der Waals surface area contributed by atoms with Crippen LogP contribution in [0.25, 0.3) is 31.8 Å². The number of nitrogens with one attached hydrogen (secondary N) is 1. The number of nitro groups is 1. The number of nitrogens with zero attached hydrogens (tertiary/aromatic N) is 4. The van der Waals surface area contributed by atoms with Crippen molar-refractivity contribution in [2.75, 3.05) is 4.90 Å². The predicted octanol–water partition coefficient (Wildman–Crippen LogP) is 6.62. The Labute approximate surface area is 251 Å². The number of carbonyl (C=O) groups is 2. The van der Waals surface area contributed by atoms with Crippen molar-refractivity contribution in [3.63, 3.8) is 0 Å². The average Bonchev–Trinajstić information content (AvgIpc) is 3.59. The maximum Gasteiger partial charge on any atom is 0.284 e. The van der Waals surface area contributed by atoms with E-state index in [1.54, 1.807) is 30.3 Å². The number of hydrogen-bond acceptors (Lipinski definition) is 10. The number of aromatic amines is 1. The van der Waals surface area contributed by atoms with Crippen LogP contribution in [-0.2, 0) is 9.59 Å². The summed E-state index contributed by atoms with van der Waals surface area (Å²) in [7, 11) is 0. The highest BCUT2D eigenvalue weighted by Gasteiger charge is 2.48. The Balaban J connectivity index is 1.19. The van der Waals surface area contributed by atoms with E-state index in [0.29, 0.717) is 36.2 Å². The molecule has 10 nitrogen and oxygen atoms in total. The zero-order chi connectivity index (χ0) is 29.3. The first-order valence-corrected chi connectivity index (χ1v) is 15.9. The molecule has 1 aliphatic heterocycles. The third-order valence-electron chi connectivity index (χ3n) is 8.12. The number of nitro benzene ring substituents is 1. The standard InChI is InChI=1S/C29H23N5O5S3/c1-13-14(2)40-26-23(13)25(35)31-24(32-26)15-7-10-21(20(11-15)34(38)39)41-29-30-19-9-8-16(12-22(19)42-29)33-27(36)17-5-3-4-6-18(17)28(33)37/h7-12,17-18H,3-6H2,1-2H3,(H,31,32,35)/t17-,18-/m1/s1. The molecule has 1 aliphatic carbocycles. The summed E-state index contributed by atoms with van der Waals surface area (Å²) in [6.45, 7) is 3.80. The van der Waals surface area contributed by atoms with E-state index in [4.69, 9.17) is 0 Å². The molecule has 2 aromatic carbocycles. The summed E-state index contributed by atoms with van der Waals surface area (Å²) in [6.07, 6.45) is 3.43. The van der Waals surface area contributed by atoms with Gasteiger partial charge in [0.05, 0.1) is 42.9 Å². The Hall–Kier alpha value is -3.94. The van der Waals surface area contributed by atoms with Crippen molar-refractivity contribution in [1.82, 2.24) is 15.0 Å². The van der Waals surface area contributed by atoms with Crippen molar-refractivity contribution < 1.29 is 14.5 Å². The first-order chi connectivity index (χ1) is 20.2. The van der Waals surface area contributed by atoms with Crippen molar-refractivity contribution in [1.29, 1.82) is 0 Å². The van der Waals surface area contributed by atoms with Gasteiger partial charge in [-0.15, -0.1) is 22.7 Å². The van der Waals surface area contributed by atoms with Gasteiger partial charge in [-0.25, -0.2) is 9.97 Å². The van der Waals surface area contributed by atoms with Gasteiger partial charge in [-0.05, 0) is 62.6 Å². The highest BCUT2D eigenvalue weighted by atomic mass is 32.2. The fraction of sp³-hybridized carbons (Fsp3) is 0.276. The fourth-order valence-corrected chi connectivity index (χ4v) is 9.04. The fourth-order valence-electron chi connectivity index (χ4n) is 5.87. The molecule has 2 atom stereocenters. The van der Waals surface area contributed by atoms with Gasteiger partial charge >= 0.3 is 0 Å². The zero-order valence-electron chi connectivity index (χ0n) is 22.5. The summed E-state index contributed by atoms with van der Waals surface area (Å²) in [5.74, 6) is -0.443. The van der Waals surface area contributed by atoms with Gasteiger partial charge in [-0.2, -0.15) is 0 Å². The molecule has 42 heavy (non-hydrogen) atoms. The normalized spacial score (nSPS) is 18.8. The zero-order valence-corrected chi connectivity index (χ0v) is 25.0. The number of fused-ring (bicyclic) bond motifs is 3.